The highest BCUT2D eigenvalue weighted by Crippen LogP contribution is 2.02. The smallest absolute Gasteiger partial charge is 0.295 e. The lowest BCUT2D eigenvalue weighted by Gasteiger charge is -2.28. The molecule has 70 valence electrons. The highest BCUT2D eigenvalue weighted by atomic mass is 16.1. The average Bonchev–Trinajstić information content (AvgIpc) is 2.12. The summed E-state index contributed by atoms with van der Waals surface area (Å²) in [7, 11) is 1.77. The number of nitrogens with one attached hydrogen (secondary N) is 2. The lowest BCUT2D eigenvalue weighted by atomic mass is 10.5. The molecular weight excluding hydrogens is 172 g/mol. The van der Waals surface area contributed by atoms with Crippen molar-refractivity contribution in [3.8, 4) is 0 Å². The van der Waals surface area contributed by atoms with E-state index < -0.39 is 0 Å². The molecule has 7 heteroatoms. The van der Waals surface area contributed by atoms with Crippen molar-refractivity contribution in [1.29, 1.82) is 0 Å². The number of aryl methyl sites for hydroxylation is 1. The predicted octanol–water partition coefficient (Wildman–Crippen LogP) is -1.60. The summed E-state index contributed by atoms with van der Waals surface area (Å²) in [5, 5.41) is 9.26. The van der Waals surface area contributed by atoms with Crippen LogP contribution in [0.1, 0.15) is 5.69 Å². The molecule has 0 aliphatic carbocycles. The third-order valence-electron chi connectivity index (χ3n) is 1.86. The topological polar surface area (TPSA) is 75.1 Å². The second-order valence-corrected chi connectivity index (χ2v) is 2.78. The molecule has 1 aromatic heterocycles. The second kappa shape index (κ2) is 2.70. The van der Waals surface area contributed by atoms with Crippen molar-refractivity contribution < 1.29 is 0 Å². The number of rotatable bonds is 0. The van der Waals surface area contributed by atoms with Crippen LogP contribution in [-0.4, -0.2) is 28.6 Å². The molecule has 0 aromatic carbocycles. The van der Waals surface area contributed by atoms with E-state index in [4.69, 9.17) is 0 Å². The lowest BCUT2D eigenvalue weighted by molar-refractivity contribution is 0.559. The Hall–Kier alpha value is -1.63. The SMILES string of the molecule is Cc1nnc2n(c1=O)NCNN2C. The van der Waals surface area contributed by atoms with E-state index in [9.17, 15) is 4.79 Å². The molecule has 0 radical (unpaired) electrons. The van der Waals surface area contributed by atoms with Crippen molar-refractivity contribution in [3.05, 3.63) is 16.0 Å². The van der Waals surface area contributed by atoms with E-state index in [1.54, 1.807) is 19.0 Å². The van der Waals surface area contributed by atoms with Crippen LogP contribution in [0.3, 0.4) is 0 Å². The standard InChI is InChI=1S/C6H10N6O/c1-4-5(13)12-6(10-9-4)11(2)7-3-8-12/h7-8H,3H2,1-2H3. The van der Waals surface area contributed by atoms with Gasteiger partial charge in [0.1, 0.15) is 5.69 Å². The molecule has 0 saturated carbocycles. The molecule has 1 aliphatic heterocycles. The molecule has 1 aromatic rings. The third kappa shape index (κ3) is 1.13. The van der Waals surface area contributed by atoms with Crippen LogP contribution in [-0.2, 0) is 0 Å². The van der Waals surface area contributed by atoms with Gasteiger partial charge in [0.15, 0.2) is 0 Å². The number of nitrogens with zero attached hydrogens (tertiary/aromatic N) is 4. The van der Waals surface area contributed by atoms with Gasteiger partial charge in [0.2, 0.25) is 0 Å². The van der Waals surface area contributed by atoms with Gasteiger partial charge in [-0.3, -0.25) is 9.80 Å². The van der Waals surface area contributed by atoms with Crippen molar-refractivity contribution >= 4 is 5.95 Å². The van der Waals surface area contributed by atoms with E-state index in [-0.39, 0.29) is 5.56 Å². The lowest BCUT2D eigenvalue weighted by Crippen LogP contribution is -2.52. The van der Waals surface area contributed by atoms with E-state index in [1.807, 2.05) is 0 Å². The van der Waals surface area contributed by atoms with Crippen LogP contribution in [0, 0.1) is 6.92 Å². The Morgan fingerprint density at radius 2 is 2.15 bits per heavy atom. The third-order valence-corrected chi connectivity index (χ3v) is 1.86. The van der Waals surface area contributed by atoms with Crippen LogP contribution in [0.2, 0.25) is 0 Å². The zero-order valence-electron chi connectivity index (χ0n) is 7.40. The quantitative estimate of drug-likeness (QED) is 0.503. The van der Waals surface area contributed by atoms with E-state index in [0.29, 0.717) is 18.3 Å². The van der Waals surface area contributed by atoms with Gasteiger partial charge >= 0.3 is 0 Å². The van der Waals surface area contributed by atoms with Crippen LogP contribution < -0.4 is 21.4 Å². The molecule has 1 aliphatic rings. The van der Waals surface area contributed by atoms with Crippen LogP contribution >= 0.6 is 0 Å². The van der Waals surface area contributed by atoms with Crippen LogP contribution in [0.5, 0.6) is 0 Å². The zero-order chi connectivity index (χ0) is 9.42. The van der Waals surface area contributed by atoms with Gasteiger partial charge in [-0.1, -0.05) is 0 Å². The number of hydrogen-bond donors (Lipinski definition) is 2. The van der Waals surface area contributed by atoms with Crippen molar-refractivity contribution in [2.75, 3.05) is 24.2 Å². The number of hydrazine groups is 1. The van der Waals surface area contributed by atoms with E-state index >= 15 is 0 Å². The van der Waals surface area contributed by atoms with Gasteiger partial charge in [0, 0.05) is 7.05 Å². The summed E-state index contributed by atoms with van der Waals surface area (Å²) in [6.07, 6.45) is 0. The Labute approximate surface area is 74.3 Å². The molecule has 13 heavy (non-hydrogen) atoms. The minimum absolute atomic E-state index is 0.168. The number of hydrogen-bond acceptors (Lipinski definition) is 6. The van der Waals surface area contributed by atoms with Crippen molar-refractivity contribution in [2.24, 2.45) is 0 Å². The molecule has 7 nitrogen and oxygen atoms in total. The molecule has 2 heterocycles. The van der Waals surface area contributed by atoms with Gasteiger partial charge in [-0.25, -0.2) is 5.43 Å². The molecular formula is C6H10N6O. The monoisotopic (exact) mass is 182 g/mol. The fraction of sp³-hybridized carbons (Fsp3) is 0.500. The molecule has 0 amide bonds. The number of anilines is 1. The molecule has 0 bridgehead atoms. The summed E-state index contributed by atoms with van der Waals surface area (Å²) in [6, 6.07) is 0. The molecule has 0 saturated heterocycles. The molecule has 2 rings (SSSR count). The van der Waals surface area contributed by atoms with E-state index in [1.165, 1.54) is 4.68 Å². The van der Waals surface area contributed by atoms with E-state index in [0.717, 1.165) is 0 Å². The van der Waals surface area contributed by atoms with Gasteiger partial charge in [-0.2, -0.15) is 4.68 Å². The first-order valence-corrected chi connectivity index (χ1v) is 3.87. The predicted molar refractivity (Wildman–Crippen MR) is 46.8 cm³/mol. The number of fused-ring (bicyclic) bond motifs is 1. The largest absolute Gasteiger partial charge is 0.304 e. The molecule has 0 unspecified atom stereocenters. The zero-order valence-corrected chi connectivity index (χ0v) is 7.40. The first-order valence-electron chi connectivity index (χ1n) is 3.87. The molecule has 0 spiro atoms. The second-order valence-electron chi connectivity index (χ2n) is 2.78. The Balaban J connectivity index is 2.63. The van der Waals surface area contributed by atoms with Gasteiger partial charge in [0.25, 0.3) is 11.5 Å². The van der Waals surface area contributed by atoms with Crippen LogP contribution in [0.15, 0.2) is 4.79 Å². The summed E-state index contributed by atoms with van der Waals surface area (Å²) in [5.74, 6) is 0.460. The van der Waals surface area contributed by atoms with Crippen molar-refractivity contribution in [3.63, 3.8) is 0 Å². The fourth-order valence-electron chi connectivity index (χ4n) is 1.12. The molecule has 0 fully saturated rings. The average molecular weight is 182 g/mol. The van der Waals surface area contributed by atoms with Crippen LogP contribution in [0.25, 0.3) is 0 Å². The maximum atomic E-state index is 11.5. The Morgan fingerprint density at radius 1 is 1.38 bits per heavy atom. The minimum Gasteiger partial charge on any atom is -0.304 e. The van der Waals surface area contributed by atoms with Gasteiger partial charge in [-0.05, 0) is 6.92 Å². The first-order chi connectivity index (χ1) is 6.20. The normalized spacial score (nSPS) is 15.1. The fourth-order valence-corrected chi connectivity index (χ4v) is 1.12. The summed E-state index contributed by atoms with van der Waals surface area (Å²) in [6.45, 7) is 2.13. The summed E-state index contributed by atoms with van der Waals surface area (Å²) in [4.78, 5) is 11.5. The maximum Gasteiger partial charge on any atom is 0.295 e. The first kappa shape index (κ1) is 7.99. The molecule has 0 atom stereocenters. The Kier molecular flexibility index (Phi) is 1.66. The van der Waals surface area contributed by atoms with Gasteiger partial charge in [0.05, 0.1) is 6.67 Å². The maximum absolute atomic E-state index is 11.5. The van der Waals surface area contributed by atoms with Gasteiger partial charge < -0.3 is 5.43 Å². The highest BCUT2D eigenvalue weighted by Gasteiger charge is 2.16. The van der Waals surface area contributed by atoms with Crippen LogP contribution in [0.4, 0.5) is 5.95 Å². The molecule has 2 N–H and O–H groups in total. The number of aromatic nitrogens is 3. The van der Waals surface area contributed by atoms with Crippen molar-refractivity contribution in [2.45, 2.75) is 6.92 Å². The summed E-state index contributed by atoms with van der Waals surface area (Å²) in [5.41, 5.74) is 6.01. The minimum atomic E-state index is -0.168. The summed E-state index contributed by atoms with van der Waals surface area (Å²) >= 11 is 0. The van der Waals surface area contributed by atoms with E-state index in [2.05, 4.69) is 21.0 Å². The summed E-state index contributed by atoms with van der Waals surface area (Å²) < 4.78 is 1.37. The van der Waals surface area contributed by atoms with Crippen molar-refractivity contribution in [1.82, 2.24) is 20.3 Å². The highest BCUT2D eigenvalue weighted by molar-refractivity contribution is 5.29. The Bertz CT molecular complexity index is 385. The van der Waals surface area contributed by atoms with Gasteiger partial charge in [-0.15, -0.1) is 10.2 Å². The Morgan fingerprint density at radius 3 is 2.92 bits per heavy atom.